The molecule has 0 bridgehead atoms. The predicted octanol–water partition coefficient (Wildman–Crippen LogP) is 5.34. The summed E-state index contributed by atoms with van der Waals surface area (Å²) >= 11 is 3.50. The number of rotatable bonds is 1. The molecular weight excluding hydrogens is 302 g/mol. The van der Waals surface area contributed by atoms with Gasteiger partial charge in [-0.3, -0.25) is 0 Å². The van der Waals surface area contributed by atoms with Crippen LogP contribution in [-0.2, 0) is 0 Å². The molecule has 4 aromatic rings. The van der Waals surface area contributed by atoms with E-state index in [0.717, 1.165) is 32.2 Å². The lowest BCUT2D eigenvalue weighted by molar-refractivity contribution is 0.617. The molecule has 0 amide bonds. The van der Waals surface area contributed by atoms with Gasteiger partial charge in [-0.15, -0.1) is 0 Å². The lowest BCUT2D eigenvalue weighted by atomic mass is 10.1. The minimum absolute atomic E-state index is 0.914. The van der Waals surface area contributed by atoms with E-state index >= 15 is 0 Å². The van der Waals surface area contributed by atoms with E-state index in [4.69, 9.17) is 4.42 Å². The maximum Gasteiger partial charge on any atom is 0.134 e. The monoisotopic (exact) mass is 311 g/mol. The van der Waals surface area contributed by atoms with Crippen LogP contribution in [0.25, 0.3) is 33.1 Å². The van der Waals surface area contributed by atoms with Gasteiger partial charge in [0.25, 0.3) is 0 Å². The van der Waals surface area contributed by atoms with E-state index < -0.39 is 0 Å². The van der Waals surface area contributed by atoms with Crippen LogP contribution < -0.4 is 0 Å². The SMILES string of the molecule is Brc1ccc2[nH]c(-c3coc4ccccc34)cc2c1. The summed E-state index contributed by atoms with van der Waals surface area (Å²) in [7, 11) is 0. The highest BCUT2D eigenvalue weighted by atomic mass is 79.9. The van der Waals surface area contributed by atoms with Gasteiger partial charge in [-0.2, -0.15) is 0 Å². The average Bonchev–Trinajstić information content (AvgIpc) is 3.00. The van der Waals surface area contributed by atoms with Gasteiger partial charge < -0.3 is 9.40 Å². The van der Waals surface area contributed by atoms with Crippen LogP contribution in [0.1, 0.15) is 0 Å². The molecule has 0 aliphatic rings. The smallest absolute Gasteiger partial charge is 0.134 e. The van der Waals surface area contributed by atoms with Crippen molar-refractivity contribution >= 4 is 37.8 Å². The first kappa shape index (κ1) is 10.9. The molecule has 92 valence electrons. The van der Waals surface area contributed by atoms with Crippen LogP contribution in [0.5, 0.6) is 0 Å². The normalized spacial score (nSPS) is 11.4. The Labute approximate surface area is 118 Å². The summed E-state index contributed by atoms with van der Waals surface area (Å²) in [6.07, 6.45) is 1.81. The Balaban J connectivity index is 1.99. The van der Waals surface area contributed by atoms with Gasteiger partial charge in [0.15, 0.2) is 0 Å². The third-order valence-corrected chi connectivity index (χ3v) is 3.85. The number of aromatic nitrogens is 1. The lowest BCUT2D eigenvalue weighted by Gasteiger charge is -1.93. The second-order valence-corrected chi connectivity index (χ2v) is 5.48. The van der Waals surface area contributed by atoms with Crippen LogP contribution in [0.4, 0.5) is 0 Å². The second kappa shape index (κ2) is 4.00. The molecule has 1 N–H and O–H groups in total. The number of aromatic amines is 1. The first-order chi connectivity index (χ1) is 9.31. The summed E-state index contributed by atoms with van der Waals surface area (Å²) < 4.78 is 6.68. The Morgan fingerprint density at radius 3 is 2.84 bits per heavy atom. The summed E-state index contributed by atoms with van der Waals surface area (Å²) in [5, 5.41) is 2.32. The van der Waals surface area contributed by atoms with Crippen LogP contribution in [0, 0.1) is 0 Å². The largest absolute Gasteiger partial charge is 0.464 e. The fourth-order valence-corrected chi connectivity index (χ4v) is 2.81. The third kappa shape index (κ3) is 1.70. The molecule has 0 radical (unpaired) electrons. The Bertz CT molecular complexity index is 888. The number of furan rings is 1. The highest BCUT2D eigenvalue weighted by Gasteiger charge is 2.10. The van der Waals surface area contributed by atoms with Crippen molar-refractivity contribution in [1.29, 1.82) is 0 Å². The zero-order valence-electron chi connectivity index (χ0n) is 9.98. The van der Waals surface area contributed by atoms with Crippen molar-refractivity contribution in [3.63, 3.8) is 0 Å². The van der Waals surface area contributed by atoms with Gasteiger partial charge in [0, 0.05) is 26.3 Å². The number of benzene rings is 2. The van der Waals surface area contributed by atoms with Crippen molar-refractivity contribution in [3.05, 3.63) is 59.3 Å². The van der Waals surface area contributed by atoms with Crippen LogP contribution in [-0.4, -0.2) is 4.98 Å². The summed E-state index contributed by atoms with van der Waals surface area (Å²) in [5.74, 6) is 0. The standard InChI is InChI=1S/C16H10BrNO/c17-11-5-6-14-10(7-11)8-15(18-14)13-9-19-16-4-2-1-3-12(13)16/h1-9,18H. The lowest BCUT2D eigenvalue weighted by Crippen LogP contribution is -1.73. The minimum Gasteiger partial charge on any atom is -0.464 e. The molecule has 0 spiro atoms. The maximum atomic E-state index is 5.59. The van der Waals surface area contributed by atoms with Crippen molar-refractivity contribution in [3.8, 4) is 11.3 Å². The summed E-state index contributed by atoms with van der Waals surface area (Å²) in [4.78, 5) is 3.44. The van der Waals surface area contributed by atoms with E-state index in [0.29, 0.717) is 0 Å². The number of nitrogens with one attached hydrogen (secondary N) is 1. The molecule has 4 rings (SSSR count). The first-order valence-electron chi connectivity index (χ1n) is 6.06. The van der Waals surface area contributed by atoms with Crippen LogP contribution in [0.15, 0.2) is 63.7 Å². The number of halogens is 1. The maximum absolute atomic E-state index is 5.59. The fourth-order valence-electron chi connectivity index (χ4n) is 2.43. The zero-order chi connectivity index (χ0) is 12.8. The van der Waals surface area contributed by atoms with Crippen molar-refractivity contribution in [2.45, 2.75) is 0 Å². The molecule has 0 saturated heterocycles. The second-order valence-electron chi connectivity index (χ2n) is 4.56. The van der Waals surface area contributed by atoms with Crippen molar-refractivity contribution in [1.82, 2.24) is 4.98 Å². The Kier molecular flexibility index (Phi) is 2.29. The van der Waals surface area contributed by atoms with Crippen molar-refractivity contribution < 1.29 is 4.42 Å². The van der Waals surface area contributed by atoms with E-state index in [1.807, 2.05) is 30.5 Å². The van der Waals surface area contributed by atoms with Gasteiger partial charge >= 0.3 is 0 Å². The predicted molar refractivity (Wildman–Crippen MR) is 81.2 cm³/mol. The third-order valence-electron chi connectivity index (χ3n) is 3.35. The number of H-pyrrole nitrogens is 1. The van der Waals surface area contributed by atoms with Gasteiger partial charge in [0.2, 0.25) is 0 Å². The van der Waals surface area contributed by atoms with Gasteiger partial charge in [0.1, 0.15) is 11.8 Å². The van der Waals surface area contributed by atoms with E-state index in [9.17, 15) is 0 Å². The molecule has 0 saturated carbocycles. The summed E-state index contributed by atoms with van der Waals surface area (Å²) in [6, 6.07) is 16.4. The molecule has 0 aliphatic carbocycles. The van der Waals surface area contributed by atoms with Gasteiger partial charge in [-0.1, -0.05) is 34.1 Å². The molecule has 2 heterocycles. The molecule has 19 heavy (non-hydrogen) atoms. The summed E-state index contributed by atoms with van der Waals surface area (Å²) in [5.41, 5.74) is 4.22. The molecule has 2 nitrogen and oxygen atoms in total. The highest BCUT2D eigenvalue weighted by Crippen LogP contribution is 2.32. The van der Waals surface area contributed by atoms with E-state index in [-0.39, 0.29) is 0 Å². The van der Waals surface area contributed by atoms with Gasteiger partial charge in [-0.25, -0.2) is 0 Å². The van der Waals surface area contributed by atoms with E-state index in [2.05, 4.69) is 45.2 Å². The minimum atomic E-state index is 0.914. The molecule has 0 fully saturated rings. The van der Waals surface area contributed by atoms with Crippen LogP contribution in [0.3, 0.4) is 0 Å². The Hall–Kier alpha value is -2.00. The number of hydrogen-bond donors (Lipinski definition) is 1. The quantitative estimate of drug-likeness (QED) is 0.505. The van der Waals surface area contributed by atoms with Gasteiger partial charge in [0.05, 0.1) is 5.69 Å². The van der Waals surface area contributed by atoms with Crippen molar-refractivity contribution in [2.75, 3.05) is 0 Å². The van der Waals surface area contributed by atoms with Crippen molar-refractivity contribution in [2.24, 2.45) is 0 Å². The Morgan fingerprint density at radius 1 is 1.00 bits per heavy atom. The number of para-hydroxylation sites is 1. The van der Waals surface area contributed by atoms with Crippen LogP contribution >= 0.6 is 15.9 Å². The van der Waals surface area contributed by atoms with Crippen LogP contribution in [0.2, 0.25) is 0 Å². The molecule has 3 heteroatoms. The van der Waals surface area contributed by atoms with Gasteiger partial charge in [-0.05, 0) is 30.3 Å². The zero-order valence-corrected chi connectivity index (χ0v) is 11.6. The molecule has 0 unspecified atom stereocenters. The first-order valence-corrected chi connectivity index (χ1v) is 6.85. The molecule has 0 atom stereocenters. The number of fused-ring (bicyclic) bond motifs is 2. The topological polar surface area (TPSA) is 28.9 Å². The number of hydrogen-bond acceptors (Lipinski definition) is 1. The van der Waals surface area contributed by atoms with E-state index in [1.54, 1.807) is 0 Å². The Morgan fingerprint density at radius 2 is 1.89 bits per heavy atom. The highest BCUT2D eigenvalue weighted by molar-refractivity contribution is 9.10. The molecule has 0 aliphatic heterocycles. The fraction of sp³-hybridized carbons (Fsp3) is 0. The average molecular weight is 312 g/mol. The summed E-state index contributed by atoms with van der Waals surface area (Å²) in [6.45, 7) is 0. The molecular formula is C16H10BrNO. The molecule has 2 aromatic heterocycles. The molecule has 2 aromatic carbocycles. The van der Waals surface area contributed by atoms with E-state index in [1.165, 1.54) is 5.39 Å².